The largest absolute Gasteiger partial charge is 0.473 e. The van der Waals surface area contributed by atoms with Crippen molar-refractivity contribution >= 4 is 11.5 Å². The number of nitrogens with two attached hydrogens (primary N) is 1. The van der Waals surface area contributed by atoms with Crippen LogP contribution in [0.4, 0.5) is 11.5 Å². The number of hydrogen-bond donors (Lipinski definition) is 1. The standard InChI is InChI=1S/C13H21N3O/c1-9(2)17-13-11(14)6-7-12(15-13)16(3)8-10-4-5-10/h6-7,9-10H,4-5,8,14H2,1-3H3. The molecule has 1 saturated carbocycles. The van der Waals surface area contributed by atoms with Crippen LogP contribution in [0.25, 0.3) is 0 Å². The molecule has 2 N–H and O–H groups in total. The molecular weight excluding hydrogens is 214 g/mol. The number of nitrogens with zero attached hydrogens (tertiary/aromatic N) is 2. The fraction of sp³-hybridized carbons (Fsp3) is 0.615. The predicted octanol–water partition coefficient (Wildman–Crippen LogP) is 2.30. The molecule has 17 heavy (non-hydrogen) atoms. The lowest BCUT2D eigenvalue weighted by Gasteiger charge is -2.19. The van der Waals surface area contributed by atoms with Crippen LogP contribution in [-0.2, 0) is 0 Å². The summed E-state index contributed by atoms with van der Waals surface area (Å²) < 4.78 is 5.59. The van der Waals surface area contributed by atoms with Crippen molar-refractivity contribution in [3.63, 3.8) is 0 Å². The molecule has 2 rings (SSSR count). The molecule has 1 fully saturated rings. The molecule has 1 aromatic rings. The van der Waals surface area contributed by atoms with Crippen LogP contribution in [0.1, 0.15) is 26.7 Å². The van der Waals surface area contributed by atoms with Crippen molar-refractivity contribution in [3.8, 4) is 5.88 Å². The number of hydrogen-bond acceptors (Lipinski definition) is 4. The molecule has 1 aliphatic carbocycles. The van der Waals surface area contributed by atoms with Crippen molar-refractivity contribution in [2.75, 3.05) is 24.2 Å². The van der Waals surface area contributed by atoms with Gasteiger partial charge < -0.3 is 15.4 Å². The maximum Gasteiger partial charge on any atom is 0.239 e. The number of rotatable bonds is 5. The summed E-state index contributed by atoms with van der Waals surface area (Å²) in [6, 6.07) is 3.81. The Kier molecular flexibility index (Phi) is 3.41. The molecule has 0 unspecified atom stereocenters. The Balaban J connectivity index is 2.10. The van der Waals surface area contributed by atoms with E-state index in [9.17, 15) is 0 Å². The van der Waals surface area contributed by atoms with Crippen LogP contribution < -0.4 is 15.4 Å². The van der Waals surface area contributed by atoms with E-state index in [0.717, 1.165) is 18.3 Å². The summed E-state index contributed by atoms with van der Waals surface area (Å²) in [5.74, 6) is 2.32. The molecule has 0 aliphatic heterocycles. The molecule has 0 aromatic carbocycles. The Morgan fingerprint density at radius 3 is 2.76 bits per heavy atom. The minimum absolute atomic E-state index is 0.0915. The zero-order valence-corrected chi connectivity index (χ0v) is 10.8. The fourth-order valence-electron chi connectivity index (χ4n) is 1.75. The van der Waals surface area contributed by atoms with Gasteiger partial charge in [0.2, 0.25) is 5.88 Å². The quantitative estimate of drug-likeness (QED) is 0.850. The van der Waals surface area contributed by atoms with Crippen molar-refractivity contribution in [2.24, 2.45) is 5.92 Å². The molecule has 0 spiro atoms. The molecule has 0 atom stereocenters. The second-order valence-corrected chi connectivity index (χ2v) is 5.05. The van der Waals surface area contributed by atoms with Gasteiger partial charge in [-0.2, -0.15) is 4.98 Å². The average molecular weight is 235 g/mol. The molecule has 0 bridgehead atoms. The number of pyridine rings is 1. The highest BCUT2D eigenvalue weighted by Gasteiger charge is 2.23. The first-order valence-electron chi connectivity index (χ1n) is 6.20. The molecule has 0 saturated heterocycles. The summed E-state index contributed by atoms with van der Waals surface area (Å²) >= 11 is 0. The lowest BCUT2D eigenvalue weighted by molar-refractivity contribution is 0.234. The van der Waals surface area contributed by atoms with Crippen LogP contribution in [0.2, 0.25) is 0 Å². The monoisotopic (exact) mass is 235 g/mol. The van der Waals surface area contributed by atoms with Crippen molar-refractivity contribution in [3.05, 3.63) is 12.1 Å². The van der Waals surface area contributed by atoms with Crippen molar-refractivity contribution in [1.29, 1.82) is 0 Å². The Bertz CT molecular complexity index is 388. The van der Waals surface area contributed by atoms with Gasteiger partial charge in [0, 0.05) is 13.6 Å². The van der Waals surface area contributed by atoms with E-state index in [1.807, 2.05) is 26.0 Å². The highest BCUT2D eigenvalue weighted by atomic mass is 16.5. The molecule has 0 radical (unpaired) electrons. The summed E-state index contributed by atoms with van der Waals surface area (Å²) in [6.45, 7) is 5.02. The van der Waals surface area contributed by atoms with Gasteiger partial charge in [0.05, 0.1) is 11.8 Å². The lowest BCUT2D eigenvalue weighted by Crippen LogP contribution is -2.21. The first-order valence-corrected chi connectivity index (χ1v) is 6.20. The van der Waals surface area contributed by atoms with Crippen molar-refractivity contribution < 1.29 is 4.74 Å². The molecule has 1 aliphatic rings. The lowest BCUT2D eigenvalue weighted by atomic mass is 10.3. The third-order valence-electron chi connectivity index (χ3n) is 2.84. The number of aromatic nitrogens is 1. The number of ether oxygens (including phenoxy) is 1. The average Bonchev–Trinajstić information content (AvgIpc) is 3.04. The minimum atomic E-state index is 0.0915. The van der Waals surface area contributed by atoms with Gasteiger partial charge in [-0.15, -0.1) is 0 Å². The molecule has 94 valence electrons. The third-order valence-corrected chi connectivity index (χ3v) is 2.84. The van der Waals surface area contributed by atoms with E-state index >= 15 is 0 Å². The Labute approximate surface area is 103 Å². The van der Waals surface area contributed by atoms with Gasteiger partial charge in [-0.1, -0.05) is 0 Å². The molecule has 4 nitrogen and oxygen atoms in total. The first kappa shape index (κ1) is 12.0. The first-order chi connectivity index (χ1) is 8.06. The Morgan fingerprint density at radius 2 is 2.18 bits per heavy atom. The van der Waals surface area contributed by atoms with Crippen LogP contribution in [0.3, 0.4) is 0 Å². The summed E-state index contributed by atoms with van der Waals surface area (Å²) in [4.78, 5) is 6.64. The minimum Gasteiger partial charge on any atom is -0.473 e. The van der Waals surface area contributed by atoms with E-state index in [4.69, 9.17) is 10.5 Å². The number of anilines is 2. The third kappa shape index (κ3) is 3.25. The van der Waals surface area contributed by atoms with Crippen LogP contribution in [-0.4, -0.2) is 24.7 Å². The molecule has 1 heterocycles. The smallest absolute Gasteiger partial charge is 0.239 e. The zero-order valence-electron chi connectivity index (χ0n) is 10.8. The summed E-state index contributed by atoms with van der Waals surface area (Å²) in [5, 5.41) is 0. The summed E-state index contributed by atoms with van der Waals surface area (Å²) in [5.41, 5.74) is 6.44. The van der Waals surface area contributed by atoms with Crippen LogP contribution in [0.15, 0.2) is 12.1 Å². The van der Waals surface area contributed by atoms with E-state index in [1.165, 1.54) is 12.8 Å². The second-order valence-electron chi connectivity index (χ2n) is 5.05. The predicted molar refractivity (Wildman–Crippen MR) is 70.4 cm³/mol. The van der Waals surface area contributed by atoms with Gasteiger partial charge >= 0.3 is 0 Å². The van der Waals surface area contributed by atoms with E-state index in [0.29, 0.717) is 11.6 Å². The Morgan fingerprint density at radius 1 is 1.47 bits per heavy atom. The van der Waals surface area contributed by atoms with Crippen LogP contribution in [0.5, 0.6) is 5.88 Å². The van der Waals surface area contributed by atoms with Gasteiger partial charge in [-0.3, -0.25) is 0 Å². The van der Waals surface area contributed by atoms with Gasteiger partial charge in [-0.05, 0) is 44.7 Å². The van der Waals surface area contributed by atoms with Crippen LogP contribution in [0, 0.1) is 5.92 Å². The summed E-state index contributed by atoms with van der Waals surface area (Å²) in [6.07, 6.45) is 2.78. The highest BCUT2D eigenvalue weighted by Crippen LogP contribution is 2.31. The fourth-order valence-corrected chi connectivity index (χ4v) is 1.75. The van der Waals surface area contributed by atoms with E-state index in [1.54, 1.807) is 0 Å². The normalized spacial score (nSPS) is 15.1. The maximum absolute atomic E-state index is 5.85. The summed E-state index contributed by atoms with van der Waals surface area (Å²) in [7, 11) is 2.07. The zero-order chi connectivity index (χ0) is 12.4. The molecule has 1 aromatic heterocycles. The van der Waals surface area contributed by atoms with Gasteiger partial charge in [-0.25, -0.2) is 0 Å². The maximum atomic E-state index is 5.85. The SMILES string of the molecule is CC(C)Oc1nc(N(C)CC2CC2)ccc1N. The Hall–Kier alpha value is -1.45. The van der Waals surface area contributed by atoms with Gasteiger partial charge in [0.25, 0.3) is 0 Å². The molecule has 4 heteroatoms. The van der Waals surface area contributed by atoms with Gasteiger partial charge in [0.15, 0.2) is 0 Å². The van der Waals surface area contributed by atoms with Crippen LogP contribution >= 0.6 is 0 Å². The van der Waals surface area contributed by atoms with E-state index < -0.39 is 0 Å². The number of nitrogen functional groups attached to an aromatic ring is 1. The van der Waals surface area contributed by atoms with Crippen molar-refractivity contribution in [1.82, 2.24) is 4.98 Å². The highest BCUT2D eigenvalue weighted by molar-refractivity contribution is 5.54. The molecular formula is C13H21N3O. The van der Waals surface area contributed by atoms with E-state index in [-0.39, 0.29) is 6.10 Å². The molecule has 0 amide bonds. The van der Waals surface area contributed by atoms with Gasteiger partial charge in [0.1, 0.15) is 5.82 Å². The second kappa shape index (κ2) is 4.82. The van der Waals surface area contributed by atoms with Crippen molar-refractivity contribution in [2.45, 2.75) is 32.8 Å². The van der Waals surface area contributed by atoms with E-state index in [2.05, 4.69) is 16.9 Å². The topological polar surface area (TPSA) is 51.4 Å².